The molecule has 0 aliphatic rings. The van der Waals surface area contributed by atoms with Crippen molar-refractivity contribution in [3.8, 4) is 11.5 Å². The highest BCUT2D eigenvalue weighted by atomic mass is 16.5. The summed E-state index contributed by atoms with van der Waals surface area (Å²) in [5.74, 6) is 0.246. The van der Waals surface area contributed by atoms with E-state index in [1.165, 1.54) is 7.11 Å². The molecular formula is C24H27N3O6. The number of aromatic nitrogens is 1. The van der Waals surface area contributed by atoms with E-state index in [4.69, 9.17) is 14.7 Å². The molecule has 174 valence electrons. The van der Waals surface area contributed by atoms with Crippen LogP contribution in [0.2, 0.25) is 0 Å². The topological polar surface area (TPSA) is 119 Å². The number of ether oxygens (including phenoxy) is 2. The lowest BCUT2D eigenvalue weighted by molar-refractivity contribution is -0.129. The minimum absolute atomic E-state index is 0.0197. The van der Waals surface area contributed by atoms with Gasteiger partial charge in [-0.05, 0) is 55.3 Å². The molecule has 33 heavy (non-hydrogen) atoms. The molecule has 3 rings (SSSR count). The summed E-state index contributed by atoms with van der Waals surface area (Å²) in [5.41, 5.74) is 2.49. The molecule has 0 radical (unpaired) electrons. The highest BCUT2D eigenvalue weighted by Crippen LogP contribution is 2.21. The van der Waals surface area contributed by atoms with Crippen molar-refractivity contribution in [1.29, 1.82) is 0 Å². The number of nitrogens with one attached hydrogen (secondary N) is 2. The molecule has 0 bridgehead atoms. The molecule has 0 atom stereocenters. The van der Waals surface area contributed by atoms with Gasteiger partial charge in [0.2, 0.25) is 11.3 Å². The predicted octanol–water partition coefficient (Wildman–Crippen LogP) is 3.34. The van der Waals surface area contributed by atoms with E-state index in [-0.39, 0.29) is 17.4 Å². The van der Waals surface area contributed by atoms with Gasteiger partial charge in [0.05, 0.1) is 25.1 Å². The molecule has 1 heterocycles. The van der Waals surface area contributed by atoms with Gasteiger partial charge in [-0.3, -0.25) is 19.6 Å². The van der Waals surface area contributed by atoms with Crippen LogP contribution in [0.5, 0.6) is 11.5 Å². The zero-order valence-electron chi connectivity index (χ0n) is 18.6. The van der Waals surface area contributed by atoms with E-state index < -0.39 is 11.8 Å². The second kappa shape index (κ2) is 11.1. The molecule has 9 heteroatoms. The Morgan fingerprint density at radius 3 is 2.33 bits per heavy atom. The van der Waals surface area contributed by atoms with Crippen LogP contribution in [-0.2, 0) is 11.3 Å². The van der Waals surface area contributed by atoms with Crippen molar-refractivity contribution in [2.75, 3.05) is 19.5 Å². The first kappa shape index (κ1) is 23.8. The van der Waals surface area contributed by atoms with Gasteiger partial charge in [-0.15, -0.1) is 0 Å². The van der Waals surface area contributed by atoms with Crippen molar-refractivity contribution in [2.24, 2.45) is 0 Å². The fourth-order valence-corrected chi connectivity index (χ4v) is 3.52. The summed E-state index contributed by atoms with van der Waals surface area (Å²) in [6.45, 7) is 0.548. The number of anilines is 1. The van der Waals surface area contributed by atoms with Crippen molar-refractivity contribution in [1.82, 2.24) is 10.0 Å². The van der Waals surface area contributed by atoms with Crippen molar-refractivity contribution < 1.29 is 24.3 Å². The maximum Gasteiger partial charge on any atom is 0.261 e. The Bertz CT molecular complexity index is 1190. The normalized spacial score (nSPS) is 10.6. The molecule has 2 aromatic carbocycles. The monoisotopic (exact) mass is 453 g/mol. The Labute approximate surface area is 190 Å². The first-order valence-electron chi connectivity index (χ1n) is 10.6. The van der Waals surface area contributed by atoms with E-state index in [1.54, 1.807) is 61.3 Å². The molecular weight excluding hydrogens is 426 g/mol. The molecule has 3 N–H and O–H groups in total. The van der Waals surface area contributed by atoms with E-state index in [2.05, 4.69) is 5.32 Å². The molecule has 0 fully saturated rings. The van der Waals surface area contributed by atoms with E-state index in [0.29, 0.717) is 41.1 Å². The van der Waals surface area contributed by atoms with Crippen molar-refractivity contribution in [3.63, 3.8) is 0 Å². The molecule has 0 unspecified atom stereocenters. The molecule has 3 aromatic rings. The van der Waals surface area contributed by atoms with Gasteiger partial charge in [-0.25, -0.2) is 5.48 Å². The van der Waals surface area contributed by atoms with Gasteiger partial charge in [-0.1, -0.05) is 6.42 Å². The Hall–Kier alpha value is -3.85. The number of methoxy groups -OCH3 is 2. The Morgan fingerprint density at radius 2 is 1.67 bits per heavy atom. The van der Waals surface area contributed by atoms with Crippen molar-refractivity contribution in [3.05, 3.63) is 64.4 Å². The van der Waals surface area contributed by atoms with E-state index in [0.717, 1.165) is 12.8 Å². The van der Waals surface area contributed by atoms with Crippen molar-refractivity contribution >= 4 is 28.4 Å². The van der Waals surface area contributed by atoms with Crippen LogP contribution < -0.4 is 25.7 Å². The number of hydrogen-bond donors (Lipinski definition) is 3. The van der Waals surface area contributed by atoms with E-state index in [9.17, 15) is 14.4 Å². The molecule has 0 saturated heterocycles. The lowest BCUT2D eigenvalue weighted by Crippen LogP contribution is -2.24. The van der Waals surface area contributed by atoms with Gasteiger partial charge in [-0.2, -0.15) is 0 Å². The average Bonchev–Trinajstić information content (AvgIpc) is 2.84. The zero-order valence-corrected chi connectivity index (χ0v) is 18.6. The maximum absolute atomic E-state index is 13.1. The van der Waals surface area contributed by atoms with Crippen LogP contribution in [0.4, 0.5) is 5.69 Å². The zero-order chi connectivity index (χ0) is 23.8. The third kappa shape index (κ3) is 5.89. The number of benzene rings is 2. The molecule has 0 spiro atoms. The summed E-state index contributed by atoms with van der Waals surface area (Å²) >= 11 is 0. The fraction of sp³-hybridized carbons (Fsp3) is 0.292. The molecule has 0 aliphatic carbocycles. The molecule has 2 amide bonds. The number of pyridine rings is 1. The van der Waals surface area contributed by atoms with Gasteiger partial charge in [0.1, 0.15) is 17.1 Å². The average molecular weight is 453 g/mol. The van der Waals surface area contributed by atoms with Crippen LogP contribution in [0.3, 0.4) is 0 Å². The van der Waals surface area contributed by atoms with Crippen molar-refractivity contribution in [2.45, 2.75) is 32.2 Å². The van der Waals surface area contributed by atoms with Crippen LogP contribution >= 0.6 is 0 Å². The minimum atomic E-state index is -0.511. The number of hydrogen-bond acceptors (Lipinski definition) is 6. The van der Waals surface area contributed by atoms with Gasteiger partial charge < -0.3 is 19.4 Å². The lowest BCUT2D eigenvalue weighted by Gasteiger charge is -2.14. The number of unbranched alkanes of at least 4 members (excludes halogenated alkanes) is 2. The number of fused-ring (bicyclic) bond motifs is 1. The highest BCUT2D eigenvalue weighted by molar-refractivity contribution is 6.05. The Morgan fingerprint density at radius 1 is 0.970 bits per heavy atom. The summed E-state index contributed by atoms with van der Waals surface area (Å²) in [7, 11) is 3.07. The first-order valence-corrected chi connectivity index (χ1v) is 10.6. The maximum atomic E-state index is 13.1. The number of carbonyl (C=O) groups excluding carboxylic acids is 2. The second-order valence-corrected chi connectivity index (χ2v) is 7.48. The highest BCUT2D eigenvalue weighted by Gasteiger charge is 2.16. The molecule has 9 nitrogen and oxygen atoms in total. The number of hydroxylamine groups is 1. The third-order valence-corrected chi connectivity index (χ3v) is 5.31. The number of nitrogens with zero attached hydrogens (tertiary/aromatic N) is 1. The predicted molar refractivity (Wildman–Crippen MR) is 124 cm³/mol. The molecule has 1 aromatic heterocycles. The molecule has 0 aliphatic heterocycles. The lowest BCUT2D eigenvalue weighted by atomic mass is 10.1. The Balaban J connectivity index is 1.87. The van der Waals surface area contributed by atoms with Crippen LogP contribution in [0.25, 0.3) is 10.9 Å². The van der Waals surface area contributed by atoms with Gasteiger partial charge >= 0.3 is 0 Å². The van der Waals surface area contributed by atoms with E-state index in [1.807, 2.05) is 4.57 Å². The standard InChI is InChI=1S/C24H27N3O6/c1-32-17-9-7-16(8-10-17)25-24(30)20-15-27(13-5-3-4-6-22(28)26-31)21-12-11-18(33-2)14-19(21)23(20)29/h7-12,14-15,31H,3-6,13H2,1-2H3,(H,25,30)(H,26,28). The minimum Gasteiger partial charge on any atom is -0.497 e. The SMILES string of the molecule is COc1ccc(NC(=O)c2cn(CCCCCC(=O)NO)c3ccc(OC)cc3c2=O)cc1. The third-order valence-electron chi connectivity index (χ3n) is 5.31. The first-order chi connectivity index (χ1) is 16.0. The summed E-state index contributed by atoms with van der Waals surface area (Å²) < 4.78 is 12.3. The van der Waals surface area contributed by atoms with Crippen LogP contribution in [-0.4, -0.2) is 35.8 Å². The second-order valence-electron chi connectivity index (χ2n) is 7.48. The summed E-state index contributed by atoms with van der Waals surface area (Å²) in [4.78, 5) is 37.3. The smallest absolute Gasteiger partial charge is 0.261 e. The number of carbonyl (C=O) groups is 2. The summed E-state index contributed by atoms with van der Waals surface area (Å²) in [5, 5.41) is 11.7. The number of aryl methyl sites for hydroxylation is 1. The summed E-state index contributed by atoms with van der Waals surface area (Å²) in [6.07, 6.45) is 3.88. The number of amides is 2. The number of rotatable bonds is 10. The van der Waals surface area contributed by atoms with Gasteiger partial charge in [0, 0.05) is 24.8 Å². The quantitative estimate of drug-likeness (QED) is 0.246. The largest absolute Gasteiger partial charge is 0.497 e. The van der Waals surface area contributed by atoms with Crippen LogP contribution in [0, 0.1) is 0 Å². The van der Waals surface area contributed by atoms with E-state index >= 15 is 0 Å². The van der Waals surface area contributed by atoms with Gasteiger partial charge in [0.25, 0.3) is 5.91 Å². The fourth-order valence-electron chi connectivity index (χ4n) is 3.52. The summed E-state index contributed by atoms with van der Waals surface area (Å²) in [6, 6.07) is 12.0. The molecule has 0 saturated carbocycles. The van der Waals surface area contributed by atoms with Gasteiger partial charge in [0.15, 0.2) is 0 Å². The Kier molecular flexibility index (Phi) is 8.04. The van der Waals surface area contributed by atoms with Crippen LogP contribution in [0.15, 0.2) is 53.5 Å². The van der Waals surface area contributed by atoms with Crippen LogP contribution in [0.1, 0.15) is 36.0 Å².